The number of ether oxygens (including phenoxy) is 2. The Morgan fingerprint density at radius 2 is 1.88 bits per heavy atom. The third kappa shape index (κ3) is 5.64. The molecule has 0 aliphatic carbocycles. The highest BCUT2D eigenvalue weighted by Gasteiger charge is 2.12. The third-order valence-electron chi connectivity index (χ3n) is 5.20. The van der Waals surface area contributed by atoms with E-state index in [0.29, 0.717) is 22.9 Å². The summed E-state index contributed by atoms with van der Waals surface area (Å²) in [6, 6.07) is 22.6. The number of nitrogens with zero attached hydrogens (tertiary/aromatic N) is 1. The molecule has 3 aromatic carbocycles. The first-order chi connectivity index (χ1) is 16.0. The number of hydrogen-bond donors (Lipinski definition) is 1. The molecular formula is C27H24ClNO4. The average Bonchev–Trinajstić information content (AvgIpc) is 3.23. The van der Waals surface area contributed by atoms with Crippen molar-refractivity contribution in [1.82, 2.24) is 4.57 Å². The van der Waals surface area contributed by atoms with Crippen LogP contribution in [0.2, 0.25) is 5.02 Å². The first kappa shape index (κ1) is 22.6. The van der Waals surface area contributed by atoms with Gasteiger partial charge >= 0.3 is 5.97 Å². The largest absolute Gasteiger partial charge is 0.491 e. The number of carbonyl (C=O) groups excluding carboxylic acids is 1. The molecule has 0 saturated carbocycles. The second kappa shape index (κ2) is 10.4. The van der Waals surface area contributed by atoms with Gasteiger partial charge in [-0.05, 0) is 59.7 Å². The quantitative estimate of drug-likeness (QED) is 0.255. The molecule has 6 heteroatoms. The van der Waals surface area contributed by atoms with Gasteiger partial charge in [-0.3, -0.25) is 0 Å². The fourth-order valence-corrected chi connectivity index (χ4v) is 3.78. The SMILES string of the molecule is C=CCOC(=O)c1ccc2c(ccn2CC(O)COc2ccc(-c3cccc(Cl)c3)cc2)c1. The van der Waals surface area contributed by atoms with Gasteiger partial charge in [-0.2, -0.15) is 0 Å². The summed E-state index contributed by atoms with van der Waals surface area (Å²) in [4.78, 5) is 12.0. The average molecular weight is 462 g/mol. The normalized spacial score (nSPS) is 11.8. The van der Waals surface area contributed by atoms with Crippen molar-refractivity contribution in [3.63, 3.8) is 0 Å². The number of hydrogen-bond acceptors (Lipinski definition) is 4. The molecule has 1 aromatic heterocycles. The van der Waals surface area contributed by atoms with E-state index >= 15 is 0 Å². The topological polar surface area (TPSA) is 60.7 Å². The van der Waals surface area contributed by atoms with Crippen LogP contribution in [0.5, 0.6) is 5.75 Å². The van der Waals surface area contributed by atoms with Crippen molar-refractivity contribution in [2.45, 2.75) is 12.6 Å². The first-order valence-electron chi connectivity index (χ1n) is 10.6. The molecule has 5 nitrogen and oxygen atoms in total. The molecule has 1 unspecified atom stereocenters. The Bertz CT molecular complexity index is 1260. The lowest BCUT2D eigenvalue weighted by molar-refractivity contribution is 0.0550. The Balaban J connectivity index is 1.35. The molecule has 4 aromatic rings. The molecule has 1 atom stereocenters. The Labute approximate surface area is 197 Å². The van der Waals surface area contributed by atoms with Crippen LogP contribution >= 0.6 is 11.6 Å². The molecule has 1 N–H and O–H groups in total. The van der Waals surface area contributed by atoms with E-state index < -0.39 is 6.10 Å². The van der Waals surface area contributed by atoms with Gasteiger partial charge in [0.2, 0.25) is 0 Å². The van der Waals surface area contributed by atoms with Gasteiger partial charge in [0, 0.05) is 22.1 Å². The minimum atomic E-state index is -0.703. The van der Waals surface area contributed by atoms with E-state index in [2.05, 4.69) is 6.58 Å². The lowest BCUT2D eigenvalue weighted by atomic mass is 10.1. The van der Waals surface area contributed by atoms with Gasteiger partial charge in [-0.1, -0.05) is 48.5 Å². The van der Waals surface area contributed by atoms with Crippen LogP contribution in [0.3, 0.4) is 0 Å². The van der Waals surface area contributed by atoms with Crippen LogP contribution in [0, 0.1) is 0 Å². The highest BCUT2D eigenvalue weighted by atomic mass is 35.5. The molecular weight excluding hydrogens is 438 g/mol. The van der Waals surface area contributed by atoms with Gasteiger partial charge < -0.3 is 19.1 Å². The number of carbonyl (C=O) groups is 1. The zero-order valence-electron chi connectivity index (χ0n) is 18.0. The Kier molecular flexibility index (Phi) is 7.13. The summed E-state index contributed by atoms with van der Waals surface area (Å²) >= 11 is 6.07. The van der Waals surface area contributed by atoms with Crippen molar-refractivity contribution in [2.75, 3.05) is 13.2 Å². The number of aliphatic hydroxyl groups is 1. The van der Waals surface area contributed by atoms with Gasteiger partial charge in [0.05, 0.1) is 12.1 Å². The molecule has 0 aliphatic rings. The van der Waals surface area contributed by atoms with Gasteiger partial charge in [0.1, 0.15) is 25.1 Å². The number of aromatic nitrogens is 1. The highest BCUT2D eigenvalue weighted by molar-refractivity contribution is 6.30. The molecule has 0 fully saturated rings. The zero-order valence-corrected chi connectivity index (χ0v) is 18.7. The van der Waals surface area contributed by atoms with Gasteiger partial charge in [-0.25, -0.2) is 4.79 Å². The van der Waals surface area contributed by atoms with Crippen LogP contribution in [-0.4, -0.2) is 35.0 Å². The zero-order chi connectivity index (χ0) is 23.2. The van der Waals surface area contributed by atoms with Crippen molar-refractivity contribution in [1.29, 1.82) is 0 Å². The minimum Gasteiger partial charge on any atom is -0.491 e. The maximum absolute atomic E-state index is 12.0. The molecule has 33 heavy (non-hydrogen) atoms. The van der Waals surface area contributed by atoms with Crippen LogP contribution in [0.25, 0.3) is 22.0 Å². The van der Waals surface area contributed by atoms with E-state index in [1.807, 2.05) is 71.4 Å². The summed E-state index contributed by atoms with van der Waals surface area (Å²) in [5.41, 5.74) is 3.47. The van der Waals surface area contributed by atoms with Crippen molar-refractivity contribution in [3.8, 4) is 16.9 Å². The highest BCUT2D eigenvalue weighted by Crippen LogP contribution is 2.25. The van der Waals surface area contributed by atoms with Crippen LogP contribution in [-0.2, 0) is 11.3 Å². The fourth-order valence-electron chi connectivity index (χ4n) is 3.59. The second-order valence-electron chi connectivity index (χ2n) is 7.63. The maximum atomic E-state index is 12.0. The van der Waals surface area contributed by atoms with E-state index in [1.54, 1.807) is 12.1 Å². The second-order valence-corrected chi connectivity index (χ2v) is 8.06. The first-order valence-corrected chi connectivity index (χ1v) is 10.9. The Hall–Kier alpha value is -3.54. The number of benzene rings is 3. The summed E-state index contributed by atoms with van der Waals surface area (Å²) in [5.74, 6) is 0.291. The van der Waals surface area contributed by atoms with Gasteiger partial charge in [0.25, 0.3) is 0 Å². The number of aliphatic hydroxyl groups excluding tert-OH is 1. The smallest absolute Gasteiger partial charge is 0.338 e. The number of fused-ring (bicyclic) bond motifs is 1. The molecule has 1 heterocycles. The van der Waals surface area contributed by atoms with E-state index in [9.17, 15) is 9.90 Å². The van der Waals surface area contributed by atoms with Crippen LogP contribution in [0.15, 0.2) is 91.6 Å². The summed E-state index contributed by atoms with van der Waals surface area (Å²) in [5, 5.41) is 12.1. The monoisotopic (exact) mass is 461 g/mol. The minimum absolute atomic E-state index is 0.155. The van der Waals surface area contributed by atoms with Crippen molar-refractivity contribution in [3.05, 3.63) is 102 Å². The summed E-state index contributed by atoms with van der Waals surface area (Å²) in [6.45, 7) is 4.24. The molecule has 0 spiro atoms. The van der Waals surface area contributed by atoms with E-state index in [4.69, 9.17) is 21.1 Å². The number of halogens is 1. The van der Waals surface area contributed by atoms with Crippen LogP contribution in [0.4, 0.5) is 0 Å². The Morgan fingerprint density at radius 1 is 1.06 bits per heavy atom. The molecule has 168 valence electrons. The Morgan fingerprint density at radius 3 is 2.64 bits per heavy atom. The fraction of sp³-hybridized carbons (Fsp3) is 0.148. The van der Waals surface area contributed by atoms with E-state index in [1.165, 1.54) is 6.08 Å². The van der Waals surface area contributed by atoms with Crippen LogP contribution < -0.4 is 4.74 Å². The van der Waals surface area contributed by atoms with Crippen molar-refractivity contribution in [2.24, 2.45) is 0 Å². The van der Waals surface area contributed by atoms with Crippen molar-refractivity contribution >= 4 is 28.5 Å². The number of rotatable bonds is 9. The predicted molar refractivity (Wildman–Crippen MR) is 131 cm³/mol. The molecule has 0 saturated heterocycles. The van der Waals surface area contributed by atoms with Gasteiger partial charge in [0.15, 0.2) is 0 Å². The van der Waals surface area contributed by atoms with E-state index in [-0.39, 0.29) is 19.2 Å². The van der Waals surface area contributed by atoms with Crippen molar-refractivity contribution < 1.29 is 19.4 Å². The van der Waals surface area contributed by atoms with E-state index in [0.717, 1.165) is 22.0 Å². The van der Waals surface area contributed by atoms with Crippen LogP contribution in [0.1, 0.15) is 10.4 Å². The molecule has 0 radical (unpaired) electrons. The lowest BCUT2D eigenvalue weighted by Crippen LogP contribution is -2.23. The summed E-state index contributed by atoms with van der Waals surface area (Å²) in [7, 11) is 0. The summed E-state index contributed by atoms with van der Waals surface area (Å²) in [6.07, 6.45) is 2.71. The molecule has 0 aliphatic heterocycles. The molecule has 4 rings (SSSR count). The third-order valence-corrected chi connectivity index (χ3v) is 5.44. The lowest BCUT2D eigenvalue weighted by Gasteiger charge is -2.14. The maximum Gasteiger partial charge on any atom is 0.338 e. The van der Waals surface area contributed by atoms with Gasteiger partial charge in [-0.15, -0.1) is 0 Å². The predicted octanol–water partition coefficient (Wildman–Crippen LogP) is 5.74. The summed E-state index contributed by atoms with van der Waals surface area (Å²) < 4.78 is 12.8. The molecule has 0 amide bonds. The standard InChI is InChI=1S/C27H24ClNO4/c1-2-14-32-27(31)22-8-11-26-21(15-22)12-13-29(26)17-24(30)18-33-25-9-6-19(7-10-25)20-4-3-5-23(28)16-20/h2-13,15-16,24,30H,1,14,17-18H2. The number of esters is 1. The molecule has 0 bridgehead atoms.